The molecule has 3 amide bonds. The Bertz CT molecular complexity index is 647. The monoisotopic (exact) mass is 347 g/mol. The average Bonchev–Trinajstić information content (AvgIpc) is 2.64. The summed E-state index contributed by atoms with van der Waals surface area (Å²) in [6.45, 7) is 2.52. The Morgan fingerprint density at radius 2 is 1.96 bits per heavy atom. The summed E-state index contributed by atoms with van der Waals surface area (Å²) in [5.74, 6) is 0.314. The van der Waals surface area contributed by atoms with E-state index in [1.165, 1.54) is 14.0 Å². The lowest BCUT2D eigenvalue weighted by atomic mass is 10.1. The number of nitrogens with one attached hydrogen (secondary N) is 1. The second-order valence-electron chi connectivity index (χ2n) is 5.99. The lowest BCUT2D eigenvalue weighted by Gasteiger charge is -2.40. The van der Waals surface area contributed by atoms with Crippen molar-refractivity contribution in [1.82, 2.24) is 15.1 Å². The van der Waals surface area contributed by atoms with Gasteiger partial charge in [0.05, 0.1) is 13.7 Å². The zero-order valence-corrected chi connectivity index (χ0v) is 14.9. The normalized spacial score (nSPS) is 17.2. The van der Waals surface area contributed by atoms with E-state index in [1.54, 1.807) is 16.9 Å². The molecule has 0 saturated carbocycles. The van der Waals surface area contributed by atoms with E-state index in [-0.39, 0.29) is 30.7 Å². The fraction of sp³-hybridized carbons (Fsp3) is 0.500. The molecule has 7 nitrogen and oxygen atoms in total. The van der Waals surface area contributed by atoms with Crippen molar-refractivity contribution < 1.29 is 19.1 Å². The number of ether oxygens (including phenoxy) is 1. The molecule has 1 unspecified atom stereocenters. The van der Waals surface area contributed by atoms with Crippen LogP contribution in [0.1, 0.15) is 18.9 Å². The van der Waals surface area contributed by atoms with Gasteiger partial charge in [0.25, 0.3) is 0 Å². The van der Waals surface area contributed by atoms with Crippen molar-refractivity contribution >= 4 is 17.7 Å². The average molecular weight is 347 g/mol. The molecule has 0 aliphatic carbocycles. The number of benzene rings is 1. The van der Waals surface area contributed by atoms with Crippen LogP contribution in [-0.2, 0) is 20.8 Å². The van der Waals surface area contributed by atoms with Crippen LogP contribution >= 0.6 is 0 Å². The van der Waals surface area contributed by atoms with Gasteiger partial charge in [-0.3, -0.25) is 14.4 Å². The van der Waals surface area contributed by atoms with Crippen LogP contribution in [0.5, 0.6) is 5.75 Å². The van der Waals surface area contributed by atoms with E-state index in [4.69, 9.17) is 4.74 Å². The summed E-state index contributed by atoms with van der Waals surface area (Å²) in [6.07, 6.45) is 0.824. The molecule has 1 aromatic rings. The molecule has 0 bridgehead atoms. The molecular formula is C18H25N3O4. The van der Waals surface area contributed by atoms with Crippen LogP contribution in [0, 0.1) is 0 Å². The van der Waals surface area contributed by atoms with Crippen molar-refractivity contribution in [3.05, 3.63) is 29.8 Å². The molecule has 1 aliphatic rings. The quantitative estimate of drug-likeness (QED) is 0.838. The molecule has 1 aliphatic heterocycles. The molecule has 136 valence electrons. The highest BCUT2D eigenvalue weighted by molar-refractivity contribution is 5.89. The second kappa shape index (κ2) is 8.50. The topological polar surface area (TPSA) is 79.0 Å². The minimum atomic E-state index is -0.646. The Kier molecular flexibility index (Phi) is 6.38. The number of rotatable bonds is 5. The maximum atomic E-state index is 12.7. The third-order valence-corrected chi connectivity index (χ3v) is 4.50. The van der Waals surface area contributed by atoms with Crippen LogP contribution in [0.3, 0.4) is 0 Å². The van der Waals surface area contributed by atoms with Gasteiger partial charge in [0.15, 0.2) is 0 Å². The van der Waals surface area contributed by atoms with E-state index in [0.29, 0.717) is 19.5 Å². The van der Waals surface area contributed by atoms with Gasteiger partial charge in [-0.25, -0.2) is 0 Å². The van der Waals surface area contributed by atoms with E-state index in [0.717, 1.165) is 11.3 Å². The van der Waals surface area contributed by atoms with Crippen LogP contribution < -0.4 is 10.1 Å². The van der Waals surface area contributed by atoms with Crippen LogP contribution in [0.15, 0.2) is 24.3 Å². The molecule has 7 heteroatoms. The Balaban J connectivity index is 2.05. The minimum absolute atomic E-state index is 0.0879. The molecule has 0 radical (unpaired) electrons. The molecule has 1 aromatic carbocycles. The van der Waals surface area contributed by atoms with Gasteiger partial charge in [0.1, 0.15) is 11.8 Å². The van der Waals surface area contributed by atoms with E-state index >= 15 is 0 Å². The third-order valence-electron chi connectivity index (χ3n) is 4.50. The van der Waals surface area contributed by atoms with Crippen molar-refractivity contribution in [2.75, 3.05) is 33.8 Å². The Hall–Kier alpha value is -2.57. The van der Waals surface area contributed by atoms with Crippen LogP contribution in [0.25, 0.3) is 0 Å². The second-order valence-corrected chi connectivity index (χ2v) is 5.99. The number of carbonyl (C=O) groups excluding carboxylic acids is 3. The lowest BCUT2D eigenvalue weighted by molar-refractivity contribution is -0.147. The van der Waals surface area contributed by atoms with E-state index in [1.807, 2.05) is 24.3 Å². The molecule has 2 rings (SSSR count). The molecule has 1 atom stereocenters. The van der Waals surface area contributed by atoms with Gasteiger partial charge in [-0.2, -0.15) is 0 Å². The molecule has 0 spiro atoms. The van der Waals surface area contributed by atoms with Crippen molar-refractivity contribution in [3.8, 4) is 5.75 Å². The largest absolute Gasteiger partial charge is 0.496 e. The predicted octanol–water partition coefficient (Wildman–Crippen LogP) is 0.433. The summed E-state index contributed by atoms with van der Waals surface area (Å²) in [5.41, 5.74) is 0.956. The van der Waals surface area contributed by atoms with Gasteiger partial charge < -0.3 is 19.9 Å². The van der Waals surface area contributed by atoms with Gasteiger partial charge in [-0.15, -0.1) is 0 Å². The minimum Gasteiger partial charge on any atom is -0.496 e. The van der Waals surface area contributed by atoms with Crippen LogP contribution in [0.2, 0.25) is 0 Å². The number of piperazine rings is 1. The number of hydrogen-bond acceptors (Lipinski definition) is 4. The van der Waals surface area contributed by atoms with Crippen LogP contribution in [-0.4, -0.2) is 67.4 Å². The summed E-state index contributed by atoms with van der Waals surface area (Å²) >= 11 is 0. The fourth-order valence-corrected chi connectivity index (χ4v) is 3.05. The number of hydrogen-bond donors (Lipinski definition) is 1. The summed E-state index contributed by atoms with van der Waals surface area (Å²) in [5, 5.41) is 2.58. The van der Waals surface area contributed by atoms with Gasteiger partial charge in [-0.05, 0) is 18.1 Å². The van der Waals surface area contributed by atoms with Crippen molar-refractivity contribution in [1.29, 1.82) is 0 Å². The summed E-state index contributed by atoms with van der Waals surface area (Å²) in [7, 11) is 3.13. The van der Waals surface area contributed by atoms with Crippen molar-refractivity contribution in [3.63, 3.8) is 0 Å². The molecule has 1 fully saturated rings. The first kappa shape index (κ1) is 18.8. The van der Waals surface area contributed by atoms with Crippen molar-refractivity contribution in [2.24, 2.45) is 0 Å². The van der Waals surface area contributed by atoms with Gasteiger partial charge in [0.2, 0.25) is 17.7 Å². The standard InChI is InChI=1S/C18H25N3O4/c1-13(22)20-10-11-21(15(12-20)18(24)19-2)17(23)9-8-14-6-4-5-7-16(14)25-3/h4-7,15H,8-12H2,1-3H3,(H,19,24). The number of methoxy groups -OCH3 is 1. The maximum Gasteiger partial charge on any atom is 0.244 e. The molecule has 25 heavy (non-hydrogen) atoms. The zero-order valence-electron chi connectivity index (χ0n) is 14.9. The Morgan fingerprint density at radius 1 is 1.24 bits per heavy atom. The first-order valence-corrected chi connectivity index (χ1v) is 8.36. The van der Waals surface area contributed by atoms with E-state index in [9.17, 15) is 14.4 Å². The number of nitrogens with zero attached hydrogens (tertiary/aromatic N) is 2. The summed E-state index contributed by atoms with van der Waals surface area (Å²) < 4.78 is 5.31. The highest BCUT2D eigenvalue weighted by atomic mass is 16.5. The number of para-hydroxylation sites is 1. The van der Waals surface area contributed by atoms with Gasteiger partial charge >= 0.3 is 0 Å². The number of carbonyl (C=O) groups is 3. The molecule has 1 N–H and O–H groups in total. The smallest absolute Gasteiger partial charge is 0.244 e. The Morgan fingerprint density at radius 3 is 2.60 bits per heavy atom. The molecule has 0 aromatic heterocycles. The first-order chi connectivity index (χ1) is 12.0. The van der Waals surface area contributed by atoms with Gasteiger partial charge in [0, 0.05) is 33.5 Å². The SMILES string of the molecule is CNC(=O)C1CN(C(C)=O)CCN1C(=O)CCc1ccccc1OC. The van der Waals surface area contributed by atoms with Crippen molar-refractivity contribution in [2.45, 2.75) is 25.8 Å². The number of likely N-dealkylation sites (N-methyl/N-ethyl adjacent to an activating group) is 1. The summed E-state index contributed by atoms with van der Waals surface area (Å²) in [4.78, 5) is 39.6. The predicted molar refractivity (Wildman–Crippen MR) is 93.1 cm³/mol. The highest BCUT2D eigenvalue weighted by Crippen LogP contribution is 2.20. The van der Waals surface area contributed by atoms with Gasteiger partial charge in [-0.1, -0.05) is 18.2 Å². The maximum absolute atomic E-state index is 12.7. The first-order valence-electron chi connectivity index (χ1n) is 8.36. The summed E-state index contributed by atoms with van der Waals surface area (Å²) in [6, 6.07) is 6.93. The number of amides is 3. The fourth-order valence-electron chi connectivity index (χ4n) is 3.05. The lowest BCUT2D eigenvalue weighted by Crippen LogP contribution is -2.61. The zero-order chi connectivity index (χ0) is 18.4. The molecule has 1 heterocycles. The highest BCUT2D eigenvalue weighted by Gasteiger charge is 2.35. The van der Waals surface area contributed by atoms with Crippen LogP contribution in [0.4, 0.5) is 0 Å². The third kappa shape index (κ3) is 4.49. The Labute approximate surface area is 147 Å². The van der Waals surface area contributed by atoms with E-state index < -0.39 is 6.04 Å². The molecular weight excluding hydrogens is 322 g/mol. The molecule has 1 saturated heterocycles. The van der Waals surface area contributed by atoms with E-state index in [2.05, 4.69) is 5.32 Å². The number of aryl methyl sites for hydroxylation is 1.